The summed E-state index contributed by atoms with van der Waals surface area (Å²) in [6.07, 6.45) is 20.9. The minimum atomic E-state index is -1.91. The van der Waals surface area contributed by atoms with Gasteiger partial charge in [0.15, 0.2) is 16.8 Å². The number of amides is 1. The second-order valence-electron chi connectivity index (χ2n) is 42.5. The third-order valence-corrected chi connectivity index (χ3v) is 36.0. The number of pyridine rings is 6. The van der Waals surface area contributed by atoms with E-state index in [-0.39, 0.29) is 157 Å². The van der Waals surface area contributed by atoms with E-state index in [4.69, 9.17) is 38.8 Å². The van der Waals surface area contributed by atoms with E-state index in [2.05, 4.69) is 39.6 Å². The van der Waals surface area contributed by atoms with Crippen molar-refractivity contribution in [3.8, 4) is 51.4 Å². The lowest BCUT2D eigenvalue weighted by molar-refractivity contribution is -0.172. The van der Waals surface area contributed by atoms with E-state index in [0.717, 1.165) is 140 Å². The number of nitrogens with zero attached hydrogens (tertiary/aromatic N) is 7. The van der Waals surface area contributed by atoms with Crippen LogP contribution in [0, 0.1) is 69.0 Å². The number of phenolic OH excluding ortho intramolecular Hbond substituents is 3. The Labute approximate surface area is 798 Å². The van der Waals surface area contributed by atoms with E-state index >= 15 is 0 Å². The molecule has 724 valence electrons. The summed E-state index contributed by atoms with van der Waals surface area (Å²) in [6.45, 7) is 17.1. The number of carboxylic acid groups (broad SMARTS) is 1. The molecule has 23 rings (SSSR count). The van der Waals surface area contributed by atoms with E-state index < -0.39 is 40.7 Å². The molecule has 9 aromatic rings. The van der Waals surface area contributed by atoms with Crippen LogP contribution in [0.3, 0.4) is 0 Å². The van der Waals surface area contributed by atoms with Crippen LogP contribution in [0.15, 0.2) is 93.2 Å². The van der Waals surface area contributed by atoms with Gasteiger partial charge in [-0.3, -0.25) is 28.8 Å². The topological polar surface area (TPSA) is 415 Å². The fourth-order valence-corrected chi connectivity index (χ4v) is 28.2. The number of phenols is 3. The normalized spacial score (nSPS) is 30.4. The molecule has 8 saturated carbocycles. The summed E-state index contributed by atoms with van der Waals surface area (Å²) in [5.74, 6) is 3.29. The average Bonchev–Trinajstić information content (AvgIpc) is 1.33. The summed E-state index contributed by atoms with van der Waals surface area (Å²) < 4.78 is 32.5. The van der Waals surface area contributed by atoms with Gasteiger partial charge in [-0.2, -0.15) is 0 Å². The fraction of sp³-hybridized carbons (Fsp3) is 0.542. The van der Waals surface area contributed by atoms with E-state index in [1.165, 1.54) is 38.5 Å². The Morgan fingerprint density at radius 1 is 0.467 bits per heavy atom. The predicted molar refractivity (Wildman–Crippen MR) is 507 cm³/mol. The Morgan fingerprint density at radius 3 is 1.28 bits per heavy atom. The number of rotatable bonds is 13. The largest absolute Gasteiger partial charge is 0.508 e. The number of Topliss-reactive ketones (excluding diaryl/α,β-unsaturated/α-hetero) is 2. The highest BCUT2D eigenvalue weighted by atomic mass is 35.5. The van der Waals surface area contributed by atoms with Crippen LogP contribution in [0.4, 0.5) is 0 Å². The zero-order valence-electron chi connectivity index (χ0n) is 79.2. The molecule has 7 N–H and O–H groups in total. The Kier molecular flexibility index (Phi) is 24.3. The van der Waals surface area contributed by atoms with Crippen molar-refractivity contribution in [1.29, 1.82) is 0 Å². The molecule has 3 aromatic carbocycles. The molecule has 0 bridgehead atoms. The molecule has 1 amide bonds. The first kappa shape index (κ1) is 94.9. The van der Waals surface area contributed by atoms with Crippen molar-refractivity contribution < 1.29 is 93.0 Å². The molecule has 17 atom stereocenters. The smallest absolute Gasteiger partial charge is 0.343 e. The van der Waals surface area contributed by atoms with Gasteiger partial charge in [0.1, 0.15) is 61.8 Å². The number of cyclic esters (lactones) is 3. The number of aliphatic hydroxyl groups is 3. The molecule has 8 fully saturated rings. The van der Waals surface area contributed by atoms with Crippen molar-refractivity contribution in [2.45, 2.75) is 278 Å². The van der Waals surface area contributed by atoms with Gasteiger partial charge >= 0.3 is 23.9 Å². The number of esters is 3. The fourth-order valence-electron chi connectivity index (χ4n) is 28.2. The summed E-state index contributed by atoms with van der Waals surface area (Å²) in [4.78, 5) is 142. The number of carbonyl (C=O) groups is 7. The number of carbonyl (C=O) groups excluding carboxylic acids is 6. The van der Waals surface area contributed by atoms with Gasteiger partial charge in [-0.05, 0) is 263 Å². The highest BCUT2D eigenvalue weighted by Crippen LogP contribution is 2.69. The molecule has 0 radical (unpaired) electrons. The maximum Gasteiger partial charge on any atom is 0.343 e. The first-order chi connectivity index (χ1) is 64.9. The van der Waals surface area contributed by atoms with Crippen LogP contribution in [0.2, 0.25) is 0 Å². The predicted octanol–water partition coefficient (Wildman–Crippen LogP) is 14.8. The van der Waals surface area contributed by atoms with Gasteiger partial charge in [0, 0.05) is 99.9 Å². The number of halogens is 1. The van der Waals surface area contributed by atoms with Crippen molar-refractivity contribution >= 4 is 86.5 Å². The van der Waals surface area contributed by atoms with Gasteiger partial charge in [0.05, 0.1) is 99.2 Å². The van der Waals surface area contributed by atoms with Crippen LogP contribution >= 0.6 is 12.4 Å². The van der Waals surface area contributed by atoms with Crippen molar-refractivity contribution in [3.63, 3.8) is 0 Å². The van der Waals surface area contributed by atoms with Gasteiger partial charge in [-0.1, -0.05) is 61.8 Å². The third kappa shape index (κ3) is 15.2. The number of benzene rings is 3. The lowest BCUT2D eigenvalue weighted by atomic mass is 9.45. The van der Waals surface area contributed by atoms with E-state index in [9.17, 15) is 78.6 Å². The Bertz CT molecular complexity index is 6780. The van der Waals surface area contributed by atoms with Gasteiger partial charge < -0.3 is 78.0 Å². The molecule has 0 saturated heterocycles. The number of aliphatic carboxylic acids is 1. The van der Waals surface area contributed by atoms with Gasteiger partial charge in [0.25, 0.3) is 16.7 Å². The first-order valence-electron chi connectivity index (χ1n) is 49.1. The van der Waals surface area contributed by atoms with Crippen LogP contribution < -0.4 is 16.7 Å². The van der Waals surface area contributed by atoms with E-state index in [0.29, 0.717) is 144 Å². The van der Waals surface area contributed by atoms with Crippen LogP contribution in [0.25, 0.3) is 66.9 Å². The van der Waals surface area contributed by atoms with Gasteiger partial charge in [0.2, 0.25) is 5.91 Å². The maximum absolute atomic E-state index is 13.7. The van der Waals surface area contributed by atoms with E-state index in [1.807, 2.05) is 18.2 Å². The first-order valence-corrected chi connectivity index (χ1v) is 49.1. The summed E-state index contributed by atoms with van der Waals surface area (Å²) in [5.41, 5.74) is 5.52. The number of aryl methyl sites for hydroxylation is 1. The molecule has 30 heteroatoms. The maximum atomic E-state index is 13.7. The molecule has 6 aliphatic heterocycles. The zero-order valence-corrected chi connectivity index (χ0v) is 80.0. The monoisotopic (exact) mass is 1890 g/mol. The lowest BCUT2D eigenvalue weighted by Crippen LogP contribution is -2.54. The standard InChI is InChI=1S/C43H51N3O8.C23H22N2O5.C21H32O4.C20H16N2O5.ClH/c1-5-43(52)32-18-34-38-23(19-46(34)39(50)29(32)21-54-40(43)51)16-27-28(35(48)10-9-33(27)44-38)20-45(4)37(49)22-53-36-11-8-30-26-7-6-24-17-25(47)12-14-41(24,2)31(26)13-15-42(30,36)3;1-3-5-13-14-8-12-10-25-18(20(12)24-17(14)6-7-19(13)26)9-16-15(21(25)27)11-30-22(28)23(16,29)4-2;1-20-9-7-14(22)11-13(20)3-4-15-16-5-6-18(25-12-19(23)24)21(16,2)10-8-17(15)20;1-2-20(26)14-7-16-17-11(5-10-6-12(23)3-4-15(10)21-17)8-22(16)18(24)13(14)9-27-19(20)25;/h9-10,16,18,24,26,30-31,36,48,52H,5-8,11-15,17,19-22H2,1-4H3;6-9,26,29H,3-5,10-11H2,1-2H3;13,15-18H,3-12H2,1-2H3,(H,23,24);3-7,23,26H,2,8-9H2,1H3;1H/t24-,26?,30-,31-,36-,41-,42-,43-;23-;13-,15?,16-,17-,18-,20-,21-;20-;/m0000./s1. The van der Waals surface area contributed by atoms with Crippen molar-refractivity contribution in [2.24, 2.45) is 69.0 Å². The zero-order chi connectivity index (χ0) is 95.8. The molecule has 0 spiro atoms. The molecule has 6 aromatic heterocycles. The molecule has 14 aliphatic rings. The molecule has 29 nitrogen and oxygen atoms in total. The quantitative estimate of drug-likeness (QED) is 0.0416. The minimum absolute atomic E-state index is 0. The summed E-state index contributed by atoms with van der Waals surface area (Å²) in [6, 6.07) is 22.5. The SMILES string of the molecule is CCCc1c(O)ccc2nc3c(cc12)Cn1c-3cc2c(c1=O)COC(=O)[C@]2(O)CC.CC[C@@]1(O)C(=O)OCc2c1cc1n(c2=O)Cc2cc3c(CN(C)C(=O)CO[C@H]4CC[C@H]5C6CC[C@H]7CC(=O)CC[C@]7(C)[C@H]6CC[C@]45C)c(O)ccc3nc2-1.CC[C@@]1(O)C(=O)OCc2c1cc1n(c2=O)Cc2cc3cc(O)ccc3nc2-1.C[C@]12CCC(=O)C[C@@H]1CCC1[C@@H]2CC[C@]2(C)[C@@H](OCC(=O)O)CC[C@@H]12.Cl. The van der Waals surface area contributed by atoms with Gasteiger partial charge in [-0.15, -0.1) is 12.4 Å². The highest BCUT2D eigenvalue weighted by molar-refractivity contribution is 5.93. The van der Waals surface area contributed by atoms with Crippen molar-refractivity contribution in [1.82, 2.24) is 33.6 Å². The number of likely N-dealkylation sites (N-methyl/N-ethyl adjacent to an activating group) is 1. The number of ketones is 2. The number of aromatic hydroxyl groups is 3. The lowest BCUT2D eigenvalue weighted by Gasteiger charge is -2.60. The average molecular weight is 1890 g/mol. The van der Waals surface area contributed by atoms with Crippen molar-refractivity contribution in [2.75, 3.05) is 20.3 Å². The van der Waals surface area contributed by atoms with Gasteiger partial charge in [-0.25, -0.2) is 34.1 Å². The second-order valence-corrected chi connectivity index (χ2v) is 42.5. The second kappa shape index (κ2) is 35.1. The molecular weight excluding hydrogens is 1770 g/mol. The molecular formula is C107H122ClN7O22. The molecule has 137 heavy (non-hydrogen) atoms. The van der Waals surface area contributed by atoms with Crippen LogP contribution in [-0.2, 0) is 126 Å². The third-order valence-electron chi connectivity index (χ3n) is 36.0. The summed E-state index contributed by atoms with van der Waals surface area (Å²) >= 11 is 0. The van der Waals surface area contributed by atoms with Crippen LogP contribution in [-0.4, -0.2) is 143 Å². The highest BCUT2D eigenvalue weighted by Gasteiger charge is 2.63. The minimum Gasteiger partial charge on any atom is -0.508 e. The number of aromatic nitrogens is 6. The number of carboxylic acids is 1. The van der Waals surface area contributed by atoms with E-state index in [1.54, 1.807) is 107 Å². The number of hydrogen-bond donors (Lipinski definition) is 7. The Hall–Kier alpha value is -11.1. The number of hydrogen-bond acceptors (Lipinski definition) is 24. The molecule has 8 aliphatic carbocycles. The molecule has 2 unspecified atom stereocenters. The Balaban J connectivity index is 0.000000124. The number of fused-ring (bicyclic) bond motifs is 25. The molecule has 12 heterocycles. The van der Waals surface area contributed by atoms with Crippen molar-refractivity contribution in [3.05, 3.63) is 171 Å². The van der Waals surface area contributed by atoms with Crippen LogP contribution in [0.1, 0.15) is 258 Å². The Morgan fingerprint density at radius 2 is 0.861 bits per heavy atom. The summed E-state index contributed by atoms with van der Waals surface area (Å²) in [5, 5.41) is 75.4. The van der Waals surface area contributed by atoms with Crippen LogP contribution in [0.5, 0.6) is 17.2 Å². The summed E-state index contributed by atoms with van der Waals surface area (Å²) in [7, 11) is 1.72. The number of ether oxygens (including phenoxy) is 5.